The SMILES string of the molecule is CCc1nn(C)cc1NC(=O)N(CCC(=O)O)C(C)(C)C. The Hall–Kier alpha value is -2.05. The molecule has 0 radical (unpaired) electrons. The fourth-order valence-corrected chi connectivity index (χ4v) is 2.03. The molecule has 0 saturated carbocycles. The number of aromatic nitrogens is 2. The average Bonchev–Trinajstić information content (AvgIpc) is 2.67. The molecule has 0 fully saturated rings. The summed E-state index contributed by atoms with van der Waals surface area (Å²) in [6, 6.07) is -0.313. The van der Waals surface area contributed by atoms with Gasteiger partial charge in [-0.1, -0.05) is 6.92 Å². The van der Waals surface area contributed by atoms with Gasteiger partial charge >= 0.3 is 12.0 Å². The van der Waals surface area contributed by atoms with Crippen molar-refractivity contribution >= 4 is 17.7 Å². The molecule has 0 aliphatic carbocycles. The summed E-state index contributed by atoms with van der Waals surface area (Å²) in [6.45, 7) is 7.74. The summed E-state index contributed by atoms with van der Waals surface area (Å²) < 4.78 is 1.65. The Balaban J connectivity index is 2.87. The fraction of sp³-hybridized carbons (Fsp3) is 0.643. The first-order valence-electron chi connectivity index (χ1n) is 6.98. The molecular weight excluding hydrogens is 272 g/mol. The van der Waals surface area contributed by atoms with Gasteiger partial charge in [-0.15, -0.1) is 0 Å². The van der Waals surface area contributed by atoms with Crippen molar-refractivity contribution in [1.29, 1.82) is 0 Å². The van der Waals surface area contributed by atoms with Crippen molar-refractivity contribution in [1.82, 2.24) is 14.7 Å². The van der Waals surface area contributed by atoms with Crippen molar-refractivity contribution < 1.29 is 14.7 Å². The van der Waals surface area contributed by atoms with Gasteiger partial charge in [-0.2, -0.15) is 5.10 Å². The number of anilines is 1. The summed E-state index contributed by atoms with van der Waals surface area (Å²) in [7, 11) is 1.79. The van der Waals surface area contributed by atoms with E-state index in [0.29, 0.717) is 12.1 Å². The first kappa shape index (κ1) is 17.0. The van der Waals surface area contributed by atoms with Gasteiger partial charge in [0.25, 0.3) is 0 Å². The maximum absolute atomic E-state index is 12.4. The Kier molecular flexibility index (Phi) is 5.34. The molecule has 0 unspecified atom stereocenters. The van der Waals surface area contributed by atoms with Crippen LogP contribution in [0.4, 0.5) is 10.5 Å². The first-order valence-corrected chi connectivity index (χ1v) is 6.98. The lowest BCUT2D eigenvalue weighted by Crippen LogP contribution is -2.48. The second-order valence-electron chi connectivity index (χ2n) is 5.91. The van der Waals surface area contributed by atoms with Crippen LogP contribution in [-0.2, 0) is 18.3 Å². The Labute approximate surface area is 124 Å². The van der Waals surface area contributed by atoms with Crippen LogP contribution in [-0.4, -0.2) is 43.9 Å². The Morgan fingerprint density at radius 2 is 2.05 bits per heavy atom. The van der Waals surface area contributed by atoms with E-state index in [9.17, 15) is 9.59 Å². The van der Waals surface area contributed by atoms with Crippen molar-refractivity contribution in [3.63, 3.8) is 0 Å². The number of amides is 2. The lowest BCUT2D eigenvalue weighted by Gasteiger charge is -2.35. The number of nitrogens with zero attached hydrogens (tertiary/aromatic N) is 3. The molecule has 1 rings (SSSR count). The molecule has 2 amide bonds. The zero-order valence-corrected chi connectivity index (χ0v) is 13.3. The van der Waals surface area contributed by atoms with Crippen LogP contribution in [0.5, 0.6) is 0 Å². The molecule has 118 valence electrons. The molecule has 0 spiro atoms. The van der Waals surface area contributed by atoms with E-state index in [-0.39, 0.29) is 19.0 Å². The van der Waals surface area contributed by atoms with E-state index in [4.69, 9.17) is 5.11 Å². The highest BCUT2D eigenvalue weighted by molar-refractivity contribution is 5.90. The molecule has 1 aromatic heterocycles. The van der Waals surface area contributed by atoms with Gasteiger partial charge in [0.1, 0.15) is 0 Å². The number of carbonyl (C=O) groups excluding carboxylic acids is 1. The van der Waals surface area contributed by atoms with Gasteiger partial charge in [0.05, 0.1) is 17.8 Å². The van der Waals surface area contributed by atoms with Crippen LogP contribution >= 0.6 is 0 Å². The topological polar surface area (TPSA) is 87.5 Å². The van der Waals surface area contributed by atoms with Gasteiger partial charge in [0.15, 0.2) is 0 Å². The lowest BCUT2D eigenvalue weighted by atomic mass is 10.1. The molecule has 0 aromatic carbocycles. The predicted octanol–water partition coefficient (Wildman–Crippen LogP) is 2.09. The number of nitrogens with one attached hydrogen (secondary N) is 1. The number of carbonyl (C=O) groups is 2. The van der Waals surface area contributed by atoms with E-state index in [1.54, 1.807) is 17.9 Å². The summed E-state index contributed by atoms with van der Waals surface area (Å²) in [4.78, 5) is 24.7. The number of carboxylic acids is 1. The fourth-order valence-electron chi connectivity index (χ4n) is 2.03. The van der Waals surface area contributed by atoms with Gasteiger partial charge in [0, 0.05) is 25.3 Å². The van der Waals surface area contributed by atoms with Gasteiger partial charge in [-0.05, 0) is 27.2 Å². The van der Waals surface area contributed by atoms with Crippen LogP contribution in [0, 0.1) is 0 Å². The second-order valence-corrected chi connectivity index (χ2v) is 5.91. The molecular formula is C14H24N4O3. The highest BCUT2D eigenvalue weighted by Crippen LogP contribution is 2.19. The van der Waals surface area contributed by atoms with Gasteiger partial charge < -0.3 is 15.3 Å². The van der Waals surface area contributed by atoms with Crippen LogP contribution in [0.25, 0.3) is 0 Å². The molecule has 1 aromatic rings. The molecule has 0 saturated heterocycles. The quantitative estimate of drug-likeness (QED) is 0.871. The summed E-state index contributed by atoms with van der Waals surface area (Å²) in [5.74, 6) is -0.923. The lowest BCUT2D eigenvalue weighted by molar-refractivity contribution is -0.137. The van der Waals surface area contributed by atoms with Crippen LogP contribution in [0.15, 0.2) is 6.20 Å². The summed E-state index contributed by atoms with van der Waals surface area (Å²) >= 11 is 0. The van der Waals surface area contributed by atoms with Crippen LogP contribution in [0.1, 0.15) is 39.8 Å². The smallest absolute Gasteiger partial charge is 0.322 e. The summed E-state index contributed by atoms with van der Waals surface area (Å²) in [5, 5.41) is 15.9. The van der Waals surface area contributed by atoms with Crippen molar-refractivity contribution in [3.8, 4) is 0 Å². The van der Waals surface area contributed by atoms with Gasteiger partial charge in [-0.3, -0.25) is 9.48 Å². The molecule has 7 heteroatoms. The van der Waals surface area contributed by atoms with Crippen LogP contribution in [0.2, 0.25) is 0 Å². The minimum Gasteiger partial charge on any atom is -0.481 e. The van der Waals surface area contributed by atoms with E-state index < -0.39 is 11.5 Å². The van der Waals surface area contributed by atoms with Crippen LogP contribution in [0.3, 0.4) is 0 Å². The number of hydrogen-bond donors (Lipinski definition) is 2. The Morgan fingerprint density at radius 3 is 2.52 bits per heavy atom. The number of aryl methyl sites for hydroxylation is 2. The molecule has 0 atom stereocenters. The standard InChI is InChI=1S/C14H24N4O3/c1-6-10-11(9-17(5)16-10)15-13(21)18(14(2,3)4)8-7-12(19)20/h9H,6-8H2,1-5H3,(H,15,21)(H,19,20). The molecule has 0 aliphatic heterocycles. The normalized spacial score (nSPS) is 11.3. The van der Waals surface area contributed by atoms with E-state index in [0.717, 1.165) is 5.69 Å². The predicted molar refractivity (Wildman–Crippen MR) is 80.3 cm³/mol. The van der Waals surface area contributed by atoms with E-state index >= 15 is 0 Å². The molecule has 0 aliphatic rings. The minimum atomic E-state index is -0.923. The van der Waals surface area contributed by atoms with Gasteiger partial charge in [0.2, 0.25) is 0 Å². The van der Waals surface area contributed by atoms with Crippen molar-refractivity contribution in [2.45, 2.75) is 46.1 Å². The monoisotopic (exact) mass is 296 g/mol. The maximum Gasteiger partial charge on any atom is 0.322 e. The Bertz CT molecular complexity index is 517. The highest BCUT2D eigenvalue weighted by Gasteiger charge is 2.27. The van der Waals surface area contributed by atoms with Gasteiger partial charge in [-0.25, -0.2) is 4.79 Å². The third-order valence-corrected chi connectivity index (χ3v) is 3.09. The summed E-state index contributed by atoms with van der Waals surface area (Å²) in [5.41, 5.74) is 1.00. The van der Waals surface area contributed by atoms with Crippen LogP contribution < -0.4 is 5.32 Å². The number of aliphatic carboxylic acids is 1. The summed E-state index contributed by atoms with van der Waals surface area (Å²) in [6.07, 6.45) is 2.37. The van der Waals surface area contributed by atoms with E-state index in [2.05, 4.69) is 10.4 Å². The number of urea groups is 1. The van der Waals surface area contributed by atoms with E-state index in [1.165, 1.54) is 4.90 Å². The number of hydrogen-bond acceptors (Lipinski definition) is 3. The molecule has 7 nitrogen and oxygen atoms in total. The van der Waals surface area contributed by atoms with Crippen molar-refractivity contribution in [3.05, 3.63) is 11.9 Å². The van der Waals surface area contributed by atoms with Crippen molar-refractivity contribution in [2.75, 3.05) is 11.9 Å². The molecule has 0 bridgehead atoms. The zero-order chi connectivity index (χ0) is 16.2. The first-order chi connectivity index (χ1) is 9.65. The maximum atomic E-state index is 12.4. The Morgan fingerprint density at radius 1 is 1.43 bits per heavy atom. The number of rotatable bonds is 5. The largest absolute Gasteiger partial charge is 0.481 e. The number of carboxylic acid groups (broad SMARTS) is 1. The zero-order valence-electron chi connectivity index (χ0n) is 13.3. The van der Waals surface area contributed by atoms with Crippen molar-refractivity contribution in [2.24, 2.45) is 7.05 Å². The molecule has 2 N–H and O–H groups in total. The highest BCUT2D eigenvalue weighted by atomic mass is 16.4. The second kappa shape index (κ2) is 6.60. The minimum absolute atomic E-state index is 0.0850. The van der Waals surface area contributed by atoms with E-state index in [1.807, 2.05) is 27.7 Å². The average molecular weight is 296 g/mol. The third-order valence-electron chi connectivity index (χ3n) is 3.09. The third kappa shape index (κ3) is 4.77. The molecule has 1 heterocycles. The molecule has 21 heavy (non-hydrogen) atoms.